The molecule has 2 N–H and O–H groups in total. The zero-order valence-corrected chi connectivity index (χ0v) is 21.8. The van der Waals surface area contributed by atoms with Crippen LogP contribution in [0.5, 0.6) is 17.2 Å². The van der Waals surface area contributed by atoms with Crippen molar-refractivity contribution in [2.75, 3.05) is 0 Å². The van der Waals surface area contributed by atoms with E-state index in [9.17, 15) is 24.6 Å². The Morgan fingerprint density at radius 3 is 2.44 bits per heavy atom. The summed E-state index contributed by atoms with van der Waals surface area (Å²) in [6.45, 7) is 0.249. The summed E-state index contributed by atoms with van der Waals surface area (Å²) in [6, 6.07) is 23.2. The van der Waals surface area contributed by atoms with E-state index in [1.54, 1.807) is 42.5 Å². The van der Waals surface area contributed by atoms with Crippen LogP contribution in [0.25, 0.3) is 0 Å². The smallest absolute Gasteiger partial charge is 0.345 e. The minimum Gasteiger partial charge on any atom is -0.489 e. The first-order valence-corrected chi connectivity index (χ1v) is 12.5. The van der Waals surface area contributed by atoms with Crippen LogP contribution in [0.1, 0.15) is 33.0 Å². The van der Waals surface area contributed by atoms with Crippen LogP contribution < -0.4 is 19.9 Å². The minimum atomic E-state index is -0.900. The van der Waals surface area contributed by atoms with Gasteiger partial charge in [0.2, 0.25) is 5.88 Å². The van der Waals surface area contributed by atoms with E-state index in [1.807, 2.05) is 0 Å². The summed E-state index contributed by atoms with van der Waals surface area (Å²) in [7, 11) is 0. The molecular weight excluding hydrogens is 553 g/mol. The van der Waals surface area contributed by atoms with Crippen molar-refractivity contribution < 1.29 is 28.3 Å². The molecule has 4 aromatic rings. The van der Waals surface area contributed by atoms with E-state index in [1.165, 1.54) is 36.4 Å². The summed E-state index contributed by atoms with van der Waals surface area (Å²) in [5.41, 5.74) is 7.94. The molecule has 9 nitrogen and oxygen atoms in total. The van der Waals surface area contributed by atoms with E-state index in [4.69, 9.17) is 31.5 Å². The number of nitrogens with zero attached hydrogens (tertiary/aromatic N) is 2. The number of hydrogen-bond acceptors (Lipinski definition) is 8. The predicted molar refractivity (Wildman–Crippen MR) is 146 cm³/mol. The van der Waals surface area contributed by atoms with Gasteiger partial charge in [0.1, 0.15) is 41.3 Å². The Balaban J connectivity index is 1.38. The molecule has 0 bridgehead atoms. The van der Waals surface area contributed by atoms with E-state index >= 15 is 0 Å². The molecule has 0 saturated carbocycles. The summed E-state index contributed by atoms with van der Waals surface area (Å²) in [6.07, 6.45) is 0. The van der Waals surface area contributed by atoms with Gasteiger partial charge < -0.3 is 19.9 Å². The second kappa shape index (κ2) is 11.4. The van der Waals surface area contributed by atoms with E-state index in [-0.39, 0.29) is 51.7 Å². The van der Waals surface area contributed by atoms with Crippen LogP contribution in [0.15, 0.2) is 96.4 Å². The average molecular weight is 572 g/mol. The van der Waals surface area contributed by atoms with Crippen molar-refractivity contribution in [1.29, 1.82) is 5.26 Å². The molecule has 0 aromatic heterocycles. The third-order valence-corrected chi connectivity index (χ3v) is 6.64. The molecule has 11 heteroatoms. The van der Waals surface area contributed by atoms with Gasteiger partial charge >= 0.3 is 5.97 Å². The molecule has 1 unspecified atom stereocenters. The average Bonchev–Trinajstić information content (AvgIpc) is 2.96. The highest BCUT2D eigenvalue weighted by Crippen LogP contribution is 2.43. The monoisotopic (exact) mass is 571 g/mol. The number of nitrogens with two attached hydrogens (primary N) is 1. The van der Waals surface area contributed by atoms with Crippen LogP contribution >= 0.6 is 11.6 Å². The molecule has 1 aliphatic rings. The Bertz CT molecular complexity index is 1730. The molecule has 204 valence electrons. The summed E-state index contributed by atoms with van der Waals surface area (Å²) in [4.78, 5) is 23.2. The number of rotatable bonds is 7. The first-order chi connectivity index (χ1) is 19.7. The first kappa shape index (κ1) is 27.2. The molecule has 0 amide bonds. The van der Waals surface area contributed by atoms with Gasteiger partial charge in [-0.1, -0.05) is 41.9 Å². The summed E-state index contributed by atoms with van der Waals surface area (Å²) >= 11 is 6.06. The van der Waals surface area contributed by atoms with Gasteiger partial charge in [0.25, 0.3) is 5.69 Å². The van der Waals surface area contributed by atoms with Crippen molar-refractivity contribution in [3.63, 3.8) is 0 Å². The lowest BCUT2D eigenvalue weighted by Gasteiger charge is -2.26. The number of allylic oxidation sites excluding steroid dienone is 1. The fourth-order valence-corrected chi connectivity index (χ4v) is 4.49. The topological polar surface area (TPSA) is 138 Å². The molecule has 1 aliphatic heterocycles. The maximum atomic E-state index is 13.1. The van der Waals surface area contributed by atoms with E-state index in [0.29, 0.717) is 11.3 Å². The molecule has 0 fully saturated rings. The fourth-order valence-electron chi connectivity index (χ4n) is 4.29. The Hall–Kier alpha value is -5.40. The largest absolute Gasteiger partial charge is 0.489 e. The number of carbonyl (C=O) groups excluding carboxylic acids is 1. The summed E-state index contributed by atoms with van der Waals surface area (Å²) in [5, 5.41) is 20.9. The molecule has 41 heavy (non-hydrogen) atoms. The van der Waals surface area contributed by atoms with Crippen LogP contribution in [0.4, 0.5) is 10.1 Å². The molecule has 1 atom stereocenters. The number of benzene rings is 4. The molecule has 0 aliphatic carbocycles. The number of ether oxygens (including phenoxy) is 3. The predicted octanol–water partition coefficient (Wildman–Crippen LogP) is 6.40. The fraction of sp³-hybridized carbons (Fsp3) is 0.0667. The lowest BCUT2D eigenvalue weighted by atomic mass is 9.83. The number of halogens is 2. The van der Waals surface area contributed by atoms with E-state index in [2.05, 4.69) is 6.07 Å². The van der Waals surface area contributed by atoms with Gasteiger partial charge in [-0.3, -0.25) is 10.1 Å². The van der Waals surface area contributed by atoms with Crippen LogP contribution in [0.3, 0.4) is 0 Å². The van der Waals surface area contributed by atoms with Crippen molar-refractivity contribution in [1.82, 2.24) is 0 Å². The third-order valence-electron chi connectivity index (χ3n) is 6.31. The van der Waals surface area contributed by atoms with Crippen LogP contribution in [-0.2, 0) is 6.61 Å². The minimum absolute atomic E-state index is 0.00851. The summed E-state index contributed by atoms with van der Waals surface area (Å²) in [5.74, 6) is -0.997. The number of nitro groups is 1. The number of esters is 1. The number of carbonyl (C=O) groups is 1. The van der Waals surface area contributed by atoms with E-state index < -0.39 is 16.8 Å². The second-order valence-corrected chi connectivity index (χ2v) is 9.33. The Morgan fingerprint density at radius 1 is 1.05 bits per heavy atom. The quantitative estimate of drug-likeness (QED) is 0.116. The number of nitro benzene ring substituents is 1. The second-order valence-electron chi connectivity index (χ2n) is 8.92. The highest BCUT2D eigenvalue weighted by molar-refractivity contribution is 6.33. The van der Waals surface area contributed by atoms with Crippen molar-refractivity contribution in [3.8, 4) is 23.3 Å². The van der Waals surface area contributed by atoms with Gasteiger partial charge in [0.15, 0.2) is 0 Å². The van der Waals surface area contributed by atoms with Crippen molar-refractivity contribution in [2.24, 2.45) is 5.73 Å². The Morgan fingerprint density at radius 2 is 1.76 bits per heavy atom. The van der Waals surface area contributed by atoms with Gasteiger partial charge in [-0.25, -0.2) is 9.18 Å². The summed E-state index contributed by atoms with van der Waals surface area (Å²) < 4.78 is 30.0. The van der Waals surface area contributed by atoms with Crippen molar-refractivity contribution >= 4 is 23.3 Å². The maximum absolute atomic E-state index is 13.1. The van der Waals surface area contributed by atoms with Crippen LogP contribution in [-0.4, -0.2) is 10.9 Å². The van der Waals surface area contributed by atoms with Gasteiger partial charge in [-0.05, 0) is 47.5 Å². The SMILES string of the molecule is N#CC1=C(N)Oc2cc(OC(=O)c3cc([N+](=O)[O-])ccc3Cl)ccc2C1c1ccc(OCc2ccc(F)cc2)cc1. The number of nitriles is 1. The lowest BCUT2D eigenvalue weighted by molar-refractivity contribution is -0.384. The van der Waals surface area contributed by atoms with Crippen LogP contribution in [0.2, 0.25) is 5.02 Å². The van der Waals surface area contributed by atoms with E-state index in [0.717, 1.165) is 17.2 Å². The highest BCUT2D eigenvalue weighted by Gasteiger charge is 2.31. The standard InChI is InChI=1S/C30H19ClFN3O6/c31-26-12-7-20(35(37)38)13-24(26)30(36)40-22-10-11-23-27(14-22)41-29(34)25(15-33)28(23)18-3-8-21(9-4-18)39-16-17-1-5-19(32)6-2-17/h1-14,28H,16,34H2. The molecule has 1 heterocycles. The van der Waals surface area contributed by atoms with Crippen LogP contribution in [0, 0.1) is 27.3 Å². The number of fused-ring (bicyclic) bond motifs is 1. The van der Waals surface area contributed by atoms with Gasteiger partial charge in [-0.2, -0.15) is 5.26 Å². The zero-order valence-electron chi connectivity index (χ0n) is 21.0. The number of hydrogen-bond donors (Lipinski definition) is 1. The first-order valence-electron chi connectivity index (χ1n) is 12.1. The van der Waals surface area contributed by atoms with Gasteiger partial charge in [0, 0.05) is 23.8 Å². The highest BCUT2D eigenvalue weighted by atomic mass is 35.5. The molecule has 0 saturated heterocycles. The third kappa shape index (κ3) is 5.80. The van der Waals surface area contributed by atoms with Gasteiger partial charge in [0.05, 0.1) is 21.4 Å². The zero-order chi connectivity index (χ0) is 29.1. The number of non-ortho nitro benzene ring substituents is 1. The van der Waals surface area contributed by atoms with Crippen molar-refractivity contribution in [3.05, 3.63) is 140 Å². The Kier molecular flexibility index (Phi) is 7.54. The molecule has 0 spiro atoms. The maximum Gasteiger partial charge on any atom is 0.345 e. The Labute approximate surface area is 237 Å². The lowest BCUT2D eigenvalue weighted by Crippen LogP contribution is -2.21. The molecule has 4 aromatic carbocycles. The van der Waals surface area contributed by atoms with Crippen molar-refractivity contribution in [2.45, 2.75) is 12.5 Å². The van der Waals surface area contributed by atoms with Gasteiger partial charge in [-0.15, -0.1) is 0 Å². The molecular formula is C30H19ClFN3O6. The molecule has 0 radical (unpaired) electrons. The normalized spacial score (nSPS) is 13.9. The molecule has 5 rings (SSSR count).